The summed E-state index contributed by atoms with van der Waals surface area (Å²) in [6.07, 6.45) is 3.55. The standard InChI is InChI=1S/C21H24N4O4S/c1-25(2)30(28,29)17-9-5-7-15(13-17)21(27)24-23-20(26)12-6-8-16-14-22-19-11-4-3-10-18(16)19/h3-5,7,9-11,13-14,22H,6,8,12H2,1-2H3,(H,23,26)(H,24,27). The van der Waals surface area contributed by atoms with Gasteiger partial charge in [0.2, 0.25) is 15.9 Å². The zero-order valence-corrected chi connectivity index (χ0v) is 17.6. The SMILES string of the molecule is CN(C)S(=O)(=O)c1cccc(C(=O)NNC(=O)CCCc2c[nH]c3ccccc23)c1. The number of carbonyl (C=O) groups excluding carboxylic acids is 2. The van der Waals surface area contributed by atoms with E-state index in [9.17, 15) is 18.0 Å². The molecule has 8 nitrogen and oxygen atoms in total. The first-order chi connectivity index (χ1) is 14.3. The number of rotatable bonds is 7. The van der Waals surface area contributed by atoms with Crippen LogP contribution in [0.5, 0.6) is 0 Å². The lowest BCUT2D eigenvalue weighted by Gasteiger charge is -2.12. The number of benzene rings is 2. The highest BCUT2D eigenvalue weighted by Crippen LogP contribution is 2.19. The molecule has 0 atom stereocenters. The Morgan fingerprint density at radius 3 is 2.57 bits per heavy atom. The van der Waals surface area contributed by atoms with Crippen LogP contribution in [0.4, 0.5) is 0 Å². The minimum atomic E-state index is -3.65. The molecule has 0 aliphatic rings. The zero-order chi connectivity index (χ0) is 21.7. The Morgan fingerprint density at radius 1 is 1.03 bits per heavy atom. The van der Waals surface area contributed by atoms with Crippen molar-refractivity contribution in [2.24, 2.45) is 0 Å². The van der Waals surface area contributed by atoms with Crippen molar-refractivity contribution < 1.29 is 18.0 Å². The normalized spacial score (nSPS) is 11.6. The van der Waals surface area contributed by atoms with Crippen LogP contribution in [-0.2, 0) is 21.2 Å². The Bertz CT molecular complexity index is 1170. The number of aryl methyl sites for hydroxylation is 1. The van der Waals surface area contributed by atoms with Gasteiger partial charge in [-0.25, -0.2) is 12.7 Å². The summed E-state index contributed by atoms with van der Waals surface area (Å²) in [7, 11) is -0.820. The van der Waals surface area contributed by atoms with Crippen LogP contribution >= 0.6 is 0 Å². The molecule has 0 saturated carbocycles. The van der Waals surface area contributed by atoms with Crippen molar-refractivity contribution in [3.05, 3.63) is 65.9 Å². The van der Waals surface area contributed by atoms with Gasteiger partial charge in [-0.05, 0) is 42.7 Å². The van der Waals surface area contributed by atoms with E-state index < -0.39 is 15.9 Å². The molecule has 9 heteroatoms. The second-order valence-corrected chi connectivity index (χ2v) is 9.18. The van der Waals surface area contributed by atoms with E-state index in [1.807, 2.05) is 30.5 Å². The predicted octanol–water partition coefficient (Wildman–Crippen LogP) is 2.20. The Hall–Kier alpha value is -3.17. The lowest BCUT2D eigenvalue weighted by Crippen LogP contribution is -2.41. The van der Waals surface area contributed by atoms with Crippen molar-refractivity contribution in [2.75, 3.05) is 14.1 Å². The van der Waals surface area contributed by atoms with Gasteiger partial charge in [0.1, 0.15) is 0 Å². The van der Waals surface area contributed by atoms with Crippen LogP contribution in [0, 0.1) is 0 Å². The number of aromatic amines is 1. The van der Waals surface area contributed by atoms with E-state index in [-0.39, 0.29) is 22.8 Å². The Morgan fingerprint density at radius 2 is 1.80 bits per heavy atom. The van der Waals surface area contributed by atoms with Crippen molar-refractivity contribution in [3.63, 3.8) is 0 Å². The number of sulfonamides is 1. The molecular formula is C21H24N4O4S. The number of nitrogens with zero attached hydrogens (tertiary/aromatic N) is 1. The number of H-pyrrole nitrogens is 1. The van der Waals surface area contributed by atoms with Gasteiger partial charge < -0.3 is 4.98 Å². The lowest BCUT2D eigenvalue weighted by atomic mass is 10.1. The third-order valence-electron chi connectivity index (χ3n) is 4.72. The fourth-order valence-corrected chi connectivity index (χ4v) is 4.00. The smallest absolute Gasteiger partial charge is 0.269 e. The first kappa shape index (κ1) is 21.5. The summed E-state index contributed by atoms with van der Waals surface area (Å²) in [6, 6.07) is 13.6. The van der Waals surface area contributed by atoms with Crippen LogP contribution in [-0.4, -0.2) is 43.6 Å². The molecule has 0 unspecified atom stereocenters. The monoisotopic (exact) mass is 428 g/mol. The topological polar surface area (TPSA) is 111 Å². The molecule has 0 spiro atoms. The van der Waals surface area contributed by atoms with Crippen LogP contribution in [0.15, 0.2) is 59.6 Å². The quantitative estimate of drug-likeness (QED) is 0.501. The van der Waals surface area contributed by atoms with Crippen LogP contribution in [0.3, 0.4) is 0 Å². The van der Waals surface area contributed by atoms with Gasteiger partial charge in [-0.2, -0.15) is 0 Å². The van der Waals surface area contributed by atoms with Gasteiger partial charge in [0.05, 0.1) is 4.90 Å². The molecule has 2 aromatic carbocycles. The summed E-state index contributed by atoms with van der Waals surface area (Å²) < 4.78 is 25.5. The molecule has 0 saturated heterocycles. The van der Waals surface area contributed by atoms with Crippen LogP contribution in [0.2, 0.25) is 0 Å². The van der Waals surface area contributed by atoms with Crippen LogP contribution < -0.4 is 10.9 Å². The number of nitrogens with one attached hydrogen (secondary N) is 3. The minimum Gasteiger partial charge on any atom is -0.361 e. The summed E-state index contributed by atoms with van der Waals surface area (Å²) in [5.74, 6) is -0.906. The number of amides is 2. The highest BCUT2D eigenvalue weighted by molar-refractivity contribution is 7.89. The Balaban J connectivity index is 1.50. The molecule has 1 heterocycles. The van der Waals surface area contributed by atoms with E-state index in [0.29, 0.717) is 6.42 Å². The van der Waals surface area contributed by atoms with Gasteiger partial charge in [-0.1, -0.05) is 24.3 Å². The maximum atomic E-state index is 12.3. The van der Waals surface area contributed by atoms with Gasteiger partial charge in [0.15, 0.2) is 0 Å². The molecule has 0 bridgehead atoms. The average molecular weight is 429 g/mol. The minimum absolute atomic E-state index is 0.00482. The summed E-state index contributed by atoms with van der Waals surface area (Å²) in [4.78, 5) is 27.5. The number of hydrogen-bond acceptors (Lipinski definition) is 4. The molecule has 2 amide bonds. The largest absolute Gasteiger partial charge is 0.361 e. The van der Waals surface area contributed by atoms with Gasteiger partial charge >= 0.3 is 0 Å². The van der Waals surface area contributed by atoms with E-state index in [0.717, 1.165) is 27.2 Å². The molecule has 3 rings (SSSR count). The zero-order valence-electron chi connectivity index (χ0n) is 16.8. The maximum absolute atomic E-state index is 12.3. The average Bonchev–Trinajstić information content (AvgIpc) is 3.15. The lowest BCUT2D eigenvalue weighted by molar-refractivity contribution is -0.121. The number of para-hydroxylation sites is 1. The van der Waals surface area contributed by atoms with Crippen molar-refractivity contribution in [3.8, 4) is 0 Å². The molecule has 1 aromatic heterocycles. The van der Waals surface area contributed by atoms with Crippen molar-refractivity contribution >= 4 is 32.7 Å². The molecule has 30 heavy (non-hydrogen) atoms. The van der Waals surface area contributed by atoms with Crippen LogP contribution in [0.25, 0.3) is 10.9 Å². The van der Waals surface area contributed by atoms with Gasteiger partial charge in [-0.15, -0.1) is 0 Å². The third-order valence-corrected chi connectivity index (χ3v) is 6.53. The second kappa shape index (κ2) is 9.10. The summed E-state index contributed by atoms with van der Waals surface area (Å²) in [6.45, 7) is 0. The number of hydrazine groups is 1. The molecule has 3 aromatic rings. The predicted molar refractivity (Wildman–Crippen MR) is 114 cm³/mol. The molecular weight excluding hydrogens is 404 g/mol. The van der Waals surface area contributed by atoms with E-state index in [1.54, 1.807) is 0 Å². The molecule has 158 valence electrons. The molecule has 0 fully saturated rings. The number of hydrogen-bond donors (Lipinski definition) is 3. The van der Waals surface area contributed by atoms with Crippen molar-refractivity contribution in [1.82, 2.24) is 20.1 Å². The van der Waals surface area contributed by atoms with Crippen molar-refractivity contribution in [2.45, 2.75) is 24.2 Å². The second-order valence-electron chi connectivity index (χ2n) is 7.03. The third kappa shape index (κ3) is 4.87. The molecule has 0 aliphatic heterocycles. The van der Waals surface area contributed by atoms with Crippen LogP contribution in [0.1, 0.15) is 28.8 Å². The fraction of sp³-hybridized carbons (Fsp3) is 0.238. The summed E-state index contributed by atoms with van der Waals surface area (Å²) in [5.41, 5.74) is 7.03. The number of carbonyl (C=O) groups is 2. The Labute approximate surface area is 175 Å². The van der Waals surface area contributed by atoms with E-state index in [4.69, 9.17) is 0 Å². The molecule has 0 radical (unpaired) electrons. The Kier molecular flexibility index (Phi) is 6.53. The molecule has 0 aliphatic carbocycles. The van der Waals surface area contributed by atoms with Crippen molar-refractivity contribution in [1.29, 1.82) is 0 Å². The first-order valence-electron chi connectivity index (χ1n) is 9.46. The van der Waals surface area contributed by atoms with Gasteiger partial charge in [0, 0.05) is 43.2 Å². The van der Waals surface area contributed by atoms with Gasteiger partial charge in [0.25, 0.3) is 5.91 Å². The maximum Gasteiger partial charge on any atom is 0.269 e. The number of aromatic nitrogens is 1. The van der Waals surface area contributed by atoms with E-state index >= 15 is 0 Å². The van der Waals surface area contributed by atoms with E-state index in [2.05, 4.69) is 15.8 Å². The highest BCUT2D eigenvalue weighted by atomic mass is 32.2. The highest BCUT2D eigenvalue weighted by Gasteiger charge is 2.19. The van der Waals surface area contributed by atoms with Gasteiger partial charge in [-0.3, -0.25) is 20.4 Å². The fourth-order valence-electron chi connectivity index (χ4n) is 3.05. The summed E-state index contributed by atoms with van der Waals surface area (Å²) in [5, 5.41) is 1.14. The molecule has 3 N–H and O–H groups in total. The first-order valence-corrected chi connectivity index (χ1v) is 10.9. The number of fused-ring (bicyclic) bond motifs is 1. The van der Waals surface area contributed by atoms with E-state index in [1.165, 1.54) is 38.4 Å². The summed E-state index contributed by atoms with van der Waals surface area (Å²) >= 11 is 0.